The summed E-state index contributed by atoms with van der Waals surface area (Å²) in [7, 11) is 0. The molecule has 2 heterocycles. The standard InChI is InChI=1S/C15H14BrNOS/c16-13-4-1-3-11(9-13)12-6-7-17(10-12)15(18)14-5-2-8-19-14/h1-5,8-9,12H,6-7,10H2. The summed E-state index contributed by atoms with van der Waals surface area (Å²) in [6.07, 6.45) is 1.05. The van der Waals surface area contributed by atoms with Crippen molar-refractivity contribution in [2.45, 2.75) is 12.3 Å². The first-order valence-corrected chi connectivity index (χ1v) is 7.99. The molecule has 2 aromatic rings. The zero-order valence-corrected chi connectivity index (χ0v) is 12.8. The Hall–Kier alpha value is -1.13. The lowest BCUT2D eigenvalue weighted by Crippen LogP contribution is -2.27. The highest BCUT2D eigenvalue weighted by molar-refractivity contribution is 9.10. The third-order valence-corrected chi connectivity index (χ3v) is 4.88. The van der Waals surface area contributed by atoms with Gasteiger partial charge >= 0.3 is 0 Å². The van der Waals surface area contributed by atoms with Gasteiger partial charge in [-0.1, -0.05) is 34.1 Å². The first-order valence-electron chi connectivity index (χ1n) is 6.32. The van der Waals surface area contributed by atoms with Gasteiger partial charge in [0.1, 0.15) is 0 Å². The van der Waals surface area contributed by atoms with Gasteiger partial charge in [-0.3, -0.25) is 4.79 Å². The van der Waals surface area contributed by atoms with Gasteiger partial charge < -0.3 is 4.90 Å². The lowest BCUT2D eigenvalue weighted by Gasteiger charge is -2.15. The second-order valence-electron chi connectivity index (χ2n) is 4.77. The number of rotatable bonds is 2. The molecule has 0 bridgehead atoms. The van der Waals surface area contributed by atoms with Gasteiger partial charge in [-0.2, -0.15) is 0 Å². The molecule has 1 unspecified atom stereocenters. The van der Waals surface area contributed by atoms with Crippen LogP contribution in [-0.2, 0) is 0 Å². The van der Waals surface area contributed by atoms with E-state index in [1.165, 1.54) is 16.9 Å². The lowest BCUT2D eigenvalue weighted by atomic mass is 9.99. The summed E-state index contributed by atoms with van der Waals surface area (Å²) in [4.78, 5) is 15.1. The minimum absolute atomic E-state index is 0.174. The van der Waals surface area contributed by atoms with Crippen LogP contribution in [-0.4, -0.2) is 23.9 Å². The molecule has 1 aromatic carbocycles. The molecule has 98 valence electrons. The molecule has 1 atom stereocenters. The van der Waals surface area contributed by atoms with Crippen LogP contribution in [0.15, 0.2) is 46.3 Å². The molecule has 0 aliphatic carbocycles. The summed E-state index contributed by atoms with van der Waals surface area (Å²) in [5, 5.41) is 1.95. The second-order valence-corrected chi connectivity index (χ2v) is 6.63. The molecule has 1 aromatic heterocycles. The Morgan fingerprint density at radius 2 is 2.21 bits per heavy atom. The van der Waals surface area contributed by atoms with Crippen molar-refractivity contribution in [3.63, 3.8) is 0 Å². The number of halogens is 1. The molecule has 0 radical (unpaired) electrons. The topological polar surface area (TPSA) is 20.3 Å². The van der Waals surface area contributed by atoms with Crippen LogP contribution in [0.5, 0.6) is 0 Å². The maximum absolute atomic E-state index is 12.3. The Labute approximate surface area is 125 Å². The molecule has 1 amide bonds. The van der Waals surface area contributed by atoms with Gasteiger partial charge in [0.05, 0.1) is 4.88 Å². The Balaban J connectivity index is 1.72. The first-order chi connectivity index (χ1) is 9.24. The Kier molecular flexibility index (Phi) is 3.71. The maximum Gasteiger partial charge on any atom is 0.263 e. The minimum Gasteiger partial charge on any atom is -0.337 e. The summed E-state index contributed by atoms with van der Waals surface area (Å²) in [5.74, 6) is 0.633. The molecular formula is C15H14BrNOS. The molecule has 1 aliphatic rings. The average Bonchev–Trinajstić information content (AvgIpc) is 3.10. The number of likely N-dealkylation sites (tertiary alicyclic amines) is 1. The number of carbonyl (C=O) groups is 1. The number of benzene rings is 1. The lowest BCUT2D eigenvalue weighted by molar-refractivity contribution is 0.0795. The van der Waals surface area contributed by atoms with Gasteiger partial charge in [-0.15, -0.1) is 11.3 Å². The van der Waals surface area contributed by atoms with Gasteiger partial charge in [0.25, 0.3) is 5.91 Å². The number of carbonyl (C=O) groups excluding carboxylic acids is 1. The van der Waals surface area contributed by atoms with E-state index in [0.29, 0.717) is 5.92 Å². The maximum atomic E-state index is 12.3. The van der Waals surface area contributed by atoms with Crippen molar-refractivity contribution in [1.82, 2.24) is 4.90 Å². The largest absolute Gasteiger partial charge is 0.337 e. The number of thiophene rings is 1. The van der Waals surface area contributed by atoms with Gasteiger partial charge in [-0.25, -0.2) is 0 Å². The molecule has 19 heavy (non-hydrogen) atoms. The highest BCUT2D eigenvalue weighted by Crippen LogP contribution is 2.30. The second kappa shape index (κ2) is 5.47. The molecule has 3 rings (SSSR count). The smallest absolute Gasteiger partial charge is 0.263 e. The van der Waals surface area contributed by atoms with E-state index in [0.717, 1.165) is 28.9 Å². The van der Waals surface area contributed by atoms with E-state index in [9.17, 15) is 4.79 Å². The molecule has 0 N–H and O–H groups in total. The van der Waals surface area contributed by atoms with Crippen molar-refractivity contribution in [3.8, 4) is 0 Å². The van der Waals surface area contributed by atoms with Crippen molar-refractivity contribution in [1.29, 1.82) is 0 Å². The van der Waals surface area contributed by atoms with E-state index in [-0.39, 0.29) is 5.91 Å². The predicted molar refractivity (Wildman–Crippen MR) is 81.7 cm³/mol. The van der Waals surface area contributed by atoms with E-state index in [1.54, 1.807) is 0 Å². The first kappa shape index (κ1) is 12.9. The van der Waals surface area contributed by atoms with Crippen molar-refractivity contribution < 1.29 is 4.79 Å². The summed E-state index contributed by atoms with van der Waals surface area (Å²) in [6, 6.07) is 12.2. The van der Waals surface area contributed by atoms with Gasteiger partial charge in [-0.05, 0) is 35.6 Å². The summed E-state index contributed by atoms with van der Waals surface area (Å²) < 4.78 is 1.10. The molecule has 4 heteroatoms. The molecule has 0 spiro atoms. The third kappa shape index (κ3) is 2.74. The zero-order chi connectivity index (χ0) is 13.2. The van der Waals surface area contributed by atoms with Crippen molar-refractivity contribution >= 4 is 33.2 Å². The molecular weight excluding hydrogens is 322 g/mol. The fourth-order valence-corrected chi connectivity index (χ4v) is 3.64. The fraction of sp³-hybridized carbons (Fsp3) is 0.267. The van der Waals surface area contributed by atoms with Crippen LogP contribution in [0.2, 0.25) is 0 Å². The number of hydrogen-bond acceptors (Lipinski definition) is 2. The van der Waals surface area contributed by atoms with Crippen LogP contribution >= 0.6 is 27.3 Å². The molecule has 1 saturated heterocycles. The number of hydrogen-bond donors (Lipinski definition) is 0. The van der Waals surface area contributed by atoms with Gasteiger partial charge in [0, 0.05) is 23.5 Å². The summed E-state index contributed by atoms with van der Waals surface area (Å²) in [6.45, 7) is 1.68. The highest BCUT2D eigenvalue weighted by atomic mass is 79.9. The van der Waals surface area contributed by atoms with Crippen LogP contribution in [0.25, 0.3) is 0 Å². The van der Waals surface area contributed by atoms with E-state index < -0.39 is 0 Å². The fourth-order valence-electron chi connectivity index (χ4n) is 2.53. The quantitative estimate of drug-likeness (QED) is 0.807. The predicted octanol–water partition coefficient (Wildman–Crippen LogP) is 4.14. The van der Waals surface area contributed by atoms with Crippen LogP contribution in [0.4, 0.5) is 0 Å². The Morgan fingerprint density at radius 3 is 2.95 bits per heavy atom. The van der Waals surface area contributed by atoms with Crippen LogP contribution in [0.1, 0.15) is 27.6 Å². The number of nitrogens with zero attached hydrogens (tertiary/aromatic N) is 1. The third-order valence-electron chi connectivity index (χ3n) is 3.53. The molecule has 0 saturated carbocycles. The SMILES string of the molecule is O=C(c1cccs1)N1CCC(c2cccc(Br)c2)C1. The minimum atomic E-state index is 0.174. The van der Waals surface area contributed by atoms with Crippen molar-refractivity contribution in [2.24, 2.45) is 0 Å². The van der Waals surface area contributed by atoms with Crippen molar-refractivity contribution in [3.05, 3.63) is 56.7 Å². The van der Waals surface area contributed by atoms with Gasteiger partial charge in [0.15, 0.2) is 0 Å². The van der Waals surface area contributed by atoms with Crippen LogP contribution in [0, 0.1) is 0 Å². The molecule has 2 nitrogen and oxygen atoms in total. The van der Waals surface area contributed by atoms with Crippen LogP contribution in [0.3, 0.4) is 0 Å². The molecule has 1 aliphatic heterocycles. The Bertz CT molecular complexity index is 582. The normalized spacial score (nSPS) is 18.8. The van der Waals surface area contributed by atoms with E-state index in [4.69, 9.17) is 0 Å². The number of amides is 1. The average molecular weight is 336 g/mol. The van der Waals surface area contributed by atoms with E-state index >= 15 is 0 Å². The van der Waals surface area contributed by atoms with Crippen LogP contribution < -0.4 is 0 Å². The monoisotopic (exact) mass is 335 g/mol. The summed E-state index contributed by atoms with van der Waals surface area (Å²) in [5.41, 5.74) is 1.32. The Morgan fingerprint density at radius 1 is 1.32 bits per heavy atom. The van der Waals surface area contributed by atoms with E-state index in [1.807, 2.05) is 28.5 Å². The highest BCUT2D eigenvalue weighted by Gasteiger charge is 2.28. The summed E-state index contributed by atoms with van der Waals surface area (Å²) >= 11 is 5.02. The zero-order valence-electron chi connectivity index (χ0n) is 10.4. The molecule has 1 fully saturated rings. The van der Waals surface area contributed by atoms with E-state index in [2.05, 4.69) is 34.1 Å². The van der Waals surface area contributed by atoms with Crippen molar-refractivity contribution in [2.75, 3.05) is 13.1 Å². The van der Waals surface area contributed by atoms with Gasteiger partial charge in [0.2, 0.25) is 0 Å².